The third-order valence-corrected chi connectivity index (χ3v) is 3.86. The minimum Gasteiger partial charge on any atom is -0.477 e. The zero-order valence-corrected chi connectivity index (χ0v) is 10.1. The van der Waals surface area contributed by atoms with Gasteiger partial charge in [0.15, 0.2) is 5.82 Å². The van der Waals surface area contributed by atoms with Gasteiger partial charge in [-0.15, -0.1) is 0 Å². The Labute approximate surface area is 108 Å². The highest BCUT2D eigenvalue weighted by Gasteiger charge is 2.49. The molecule has 2 N–H and O–H groups in total. The summed E-state index contributed by atoms with van der Waals surface area (Å²) in [6.07, 6.45) is 3.35. The first-order valence-electron chi connectivity index (χ1n) is 6.26. The third-order valence-electron chi connectivity index (χ3n) is 3.86. The van der Waals surface area contributed by atoms with Crippen molar-refractivity contribution in [2.45, 2.75) is 25.7 Å². The molecule has 2 heterocycles. The van der Waals surface area contributed by atoms with E-state index < -0.39 is 5.97 Å². The van der Waals surface area contributed by atoms with Crippen molar-refractivity contribution in [3.05, 3.63) is 11.8 Å². The molecule has 1 saturated carbocycles. The van der Waals surface area contributed by atoms with Crippen LogP contribution in [0.15, 0.2) is 6.07 Å². The molecule has 2 aliphatic rings. The summed E-state index contributed by atoms with van der Waals surface area (Å²) in [5, 5.41) is 14.9. The summed E-state index contributed by atoms with van der Waals surface area (Å²) < 4.78 is 0. The standard InChI is InChI=1S/C12H13N3O4/c16-10-6-3-1-2-4-7(6)11(17)15(10)9-5-8(12(18)19)13-14-9/h5-7H,1-4H2,(H,13,14)(H,18,19). The Morgan fingerprint density at radius 1 is 1.26 bits per heavy atom. The maximum atomic E-state index is 12.2. The fourth-order valence-corrected chi connectivity index (χ4v) is 2.92. The van der Waals surface area contributed by atoms with Gasteiger partial charge in [-0.3, -0.25) is 14.7 Å². The van der Waals surface area contributed by atoms with E-state index in [-0.39, 0.29) is 35.2 Å². The molecule has 0 radical (unpaired) electrons. The number of aromatic nitrogens is 2. The molecule has 2 fully saturated rings. The Hall–Kier alpha value is -2.18. The first-order chi connectivity index (χ1) is 9.09. The van der Waals surface area contributed by atoms with Crippen molar-refractivity contribution in [3.63, 3.8) is 0 Å². The Bertz CT molecular complexity index is 541. The first-order valence-corrected chi connectivity index (χ1v) is 6.26. The fraction of sp³-hybridized carbons (Fsp3) is 0.500. The van der Waals surface area contributed by atoms with E-state index in [1.807, 2.05) is 0 Å². The number of carboxylic acids is 1. The monoisotopic (exact) mass is 263 g/mol. The molecule has 100 valence electrons. The normalized spacial score (nSPS) is 26.6. The van der Waals surface area contributed by atoms with Gasteiger partial charge in [0, 0.05) is 6.07 Å². The molecule has 1 saturated heterocycles. The van der Waals surface area contributed by atoms with Crippen molar-refractivity contribution in [3.8, 4) is 0 Å². The molecule has 19 heavy (non-hydrogen) atoms. The Kier molecular flexibility index (Phi) is 2.62. The Morgan fingerprint density at radius 2 is 1.84 bits per heavy atom. The van der Waals surface area contributed by atoms with E-state index in [4.69, 9.17) is 5.11 Å². The number of carbonyl (C=O) groups excluding carboxylic acids is 2. The summed E-state index contributed by atoms with van der Waals surface area (Å²) in [6, 6.07) is 1.22. The molecule has 7 nitrogen and oxygen atoms in total. The molecular weight excluding hydrogens is 250 g/mol. The number of carboxylic acid groups (broad SMARTS) is 1. The van der Waals surface area contributed by atoms with Gasteiger partial charge in [-0.1, -0.05) is 12.8 Å². The van der Waals surface area contributed by atoms with E-state index in [2.05, 4.69) is 10.2 Å². The maximum Gasteiger partial charge on any atom is 0.353 e. The second-order valence-corrected chi connectivity index (χ2v) is 4.95. The van der Waals surface area contributed by atoms with Gasteiger partial charge in [-0.05, 0) is 12.8 Å². The Balaban J connectivity index is 1.93. The van der Waals surface area contributed by atoms with Crippen LogP contribution in [0.2, 0.25) is 0 Å². The molecule has 2 unspecified atom stereocenters. The summed E-state index contributed by atoms with van der Waals surface area (Å²) in [5.74, 6) is -2.11. The smallest absolute Gasteiger partial charge is 0.353 e. The number of nitrogens with one attached hydrogen (secondary N) is 1. The van der Waals surface area contributed by atoms with Gasteiger partial charge in [0.2, 0.25) is 11.8 Å². The van der Waals surface area contributed by atoms with Crippen LogP contribution in [0.4, 0.5) is 5.82 Å². The highest BCUT2D eigenvalue weighted by Crippen LogP contribution is 2.39. The number of hydrogen-bond acceptors (Lipinski definition) is 4. The molecule has 0 spiro atoms. The summed E-state index contributed by atoms with van der Waals surface area (Å²) in [5.41, 5.74) is -0.134. The summed E-state index contributed by atoms with van der Waals surface area (Å²) in [6.45, 7) is 0. The minimum atomic E-state index is -1.17. The number of H-pyrrole nitrogens is 1. The predicted octanol–water partition coefficient (Wildman–Crippen LogP) is 0.788. The molecule has 1 aromatic rings. The topological polar surface area (TPSA) is 103 Å². The summed E-state index contributed by atoms with van der Waals surface area (Å²) >= 11 is 0. The molecule has 1 aromatic heterocycles. The van der Waals surface area contributed by atoms with Gasteiger partial charge < -0.3 is 5.11 Å². The molecule has 2 amide bonds. The molecule has 1 aliphatic heterocycles. The molecule has 0 aromatic carbocycles. The molecule has 0 bridgehead atoms. The summed E-state index contributed by atoms with van der Waals surface area (Å²) in [4.78, 5) is 36.3. The van der Waals surface area contributed by atoms with Gasteiger partial charge in [0.1, 0.15) is 5.69 Å². The van der Waals surface area contributed by atoms with Crippen LogP contribution >= 0.6 is 0 Å². The average Bonchev–Trinajstić information content (AvgIpc) is 2.96. The van der Waals surface area contributed by atoms with Crippen LogP contribution in [0.1, 0.15) is 36.2 Å². The molecular formula is C12H13N3O4. The van der Waals surface area contributed by atoms with E-state index in [0.717, 1.165) is 30.6 Å². The van der Waals surface area contributed by atoms with E-state index in [1.54, 1.807) is 0 Å². The lowest BCUT2D eigenvalue weighted by molar-refractivity contribution is -0.122. The lowest BCUT2D eigenvalue weighted by Gasteiger charge is -2.19. The van der Waals surface area contributed by atoms with Gasteiger partial charge in [-0.2, -0.15) is 5.10 Å². The van der Waals surface area contributed by atoms with Crippen molar-refractivity contribution < 1.29 is 19.5 Å². The first kappa shape index (κ1) is 11.9. The highest BCUT2D eigenvalue weighted by atomic mass is 16.4. The number of rotatable bonds is 2. The molecule has 7 heteroatoms. The largest absolute Gasteiger partial charge is 0.477 e. The van der Waals surface area contributed by atoms with E-state index in [1.165, 1.54) is 6.07 Å². The SMILES string of the molecule is O=C(O)c1cc(N2C(=O)C3CCCCC3C2=O)n[nH]1. The van der Waals surface area contributed by atoms with Crippen molar-refractivity contribution in [2.75, 3.05) is 4.90 Å². The van der Waals surface area contributed by atoms with Crippen LogP contribution in [0.5, 0.6) is 0 Å². The van der Waals surface area contributed by atoms with Crippen molar-refractivity contribution in [1.82, 2.24) is 10.2 Å². The zero-order valence-electron chi connectivity index (χ0n) is 10.1. The number of carbonyl (C=O) groups is 3. The van der Waals surface area contributed by atoms with Crippen LogP contribution in [-0.2, 0) is 9.59 Å². The number of anilines is 1. The lowest BCUT2D eigenvalue weighted by atomic mass is 9.81. The van der Waals surface area contributed by atoms with Crippen LogP contribution < -0.4 is 4.90 Å². The quantitative estimate of drug-likeness (QED) is 0.768. The van der Waals surface area contributed by atoms with E-state index in [0.29, 0.717) is 0 Å². The van der Waals surface area contributed by atoms with Crippen LogP contribution in [0, 0.1) is 11.8 Å². The van der Waals surface area contributed by atoms with Gasteiger partial charge in [-0.25, -0.2) is 9.69 Å². The zero-order chi connectivity index (χ0) is 13.6. The lowest BCUT2D eigenvalue weighted by Crippen LogP contribution is -2.31. The average molecular weight is 263 g/mol. The van der Waals surface area contributed by atoms with Gasteiger partial charge in [0.05, 0.1) is 11.8 Å². The molecule has 2 atom stereocenters. The number of aromatic amines is 1. The molecule has 1 aliphatic carbocycles. The maximum absolute atomic E-state index is 12.2. The third kappa shape index (κ3) is 1.73. The second-order valence-electron chi connectivity index (χ2n) is 4.95. The van der Waals surface area contributed by atoms with Crippen molar-refractivity contribution in [1.29, 1.82) is 0 Å². The van der Waals surface area contributed by atoms with E-state index >= 15 is 0 Å². The number of hydrogen-bond donors (Lipinski definition) is 2. The van der Waals surface area contributed by atoms with Gasteiger partial charge >= 0.3 is 5.97 Å². The number of nitrogens with zero attached hydrogens (tertiary/aromatic N) is 2. The van der Waals surface area contributed by atoms with Crippen LogP contribution in [-0.4, -0.2) is 33.1 Å². The van der Waals surface area contributed by atoms with Crippen molar-refractivity contribution >= 4 is 23.6 Å². The van der Waals surface area contributed by atoms with Crippen molar-refractivity contribution in [2.24, 2.45) is 11.8 Å². The second kappa shape index (κ2) is 4.18. The van der Waals surface area contributed by atoms with E-state index in [9.17, 15) is 14.4 Å². The number of imide groups is 1. The highest BCUT2D eigenvalue weighted by molar-refractivity contribution is 6.21. The summed E-state index contributed by atoms with van der Waals surface area (Å²) in [7, 11) is 0. The van der Waals surface area contributed by atoms with Crippen LogP contribution in [0.25, 0.3) is 0 Å². The van der Waals surface area contributed by atoms with Crippen LogP contribution in [0.3, 0.4) is 0 Å². The predicted molar refractivity (Wildman–Crippen MR) is 63.5 cm³/mol. The number of amides is 2. The fourth-order valence-electron chi connectivity index (χ4n) is 2.92. The van der Waals surface area contributed by atoms with Gasteiger partial charge in [0.25, 0.3) is 0 Å². The number of aromatic carboxylic acids is 1. The minimum absolute atomic E-state index is 0.0850. The number of fused-ring (bicyclic) bond motifs is 1. The molecule has 3 rings (SSSR count). The Morgan fingerprint density at radius 3 is 2.32 bits per heavy atom.